The first-order chi connectivity index (χ1) is 5.49. The molecule has 0 fully saturated rings. The van der Waals surface area contributed by atoms with E-state index >= 15 is 0 Å². The number of hydrogen-bond acceptors (Lipinski definition) is 3. The maximum Gasteiger partial charge on any atom is 0.575 e. The summed E-state index contributed by atoms with van der Waals surface area (Å²) in [7, 11) is 0. The molecule has 1 rings (SSSR count). The Hall–Kier alpha value is -0.650. The molecular formula is C6H5F3O2S. The minimum atomic E-state index is -4.87. The monoisotopic (exact) mass is 198 g/mol. The predicted molar refractivity (Wildman–Crippen MR) is 37.3 cm³/mol. The van der Waals surface area contributed by atoms with Crippen LogP contribution in [-0.4, -0.2) is 18.1 Å². The van der Waals surface area contributed by atoms with Crippen LogP contribution >= 0.6 is 11.8 Å². The molecule has 0 N–H and O–H groups in total. The first-order valence-corrected chi connectivity index (χ1v) is 4.14. The zero-order valence-corrected chi connectivity index (χ0v) is 6.67. The van der Waals surface area contributed by atoms with Gasteiger partial charge in [-0.15, -0.1) is 24.9 Å². The van der Waals surface area contributed by atoms with Gasteiger partial charge in [0.1, 0.15) is 0 Å². The van der Waals surface area contributed by atoms with Crippen LogP contribution in [0.3, 0.4) is 0 Å². The van der Waals surface area contributed by atoms with Gasteiger partial charge in [0.15, 0.2) is 0 Å². The molecule has 0 aliphatic carbocycles. The average Bonchev–Trinajstić information content (AvgIpc) is 2.32. The SMILES string of the molecule is O=C(OC(F)(F)F)C1=CSCC1. The van der Waals surface area contributed by atoms with E-state index in [1.54, 1.807) is 0 Å². The summed E-state index contributed by atoms with van der Waals surface area (Å²) in [5.74, 6) is -0.644. The molecule has 1 aliphatic heterocycles. The molecule has 1 heterocycles. The van der Waals surface area contributed by atoms with Gasteiger partial charge >= 0.3 is 12.3 Å². The van der Waals surface area contributed by atoms with E-state index < -0.39 is 12.3 Å². The minimum absolute atomic E-state index is 0.0947. The predicted octanol–water partition coefficient (Wildman–Crippen LogP) is 2.07. The maximum absolute atomic E-state index is 11.5. The lowest BCUT2D eigenvalue weighted by Crippen LogP contribution is -2.20. The molecule has 0 saturated carbocycles. The highest BCUT2D eigenvalue weighted by atomic mass is 32.2. The van der Waals surface area contributed by atoms with Crippen molar-refractivity contribution in [1.29, 1.82) is 0 Å². The zero-order chi connectivity index (χ0) is 9.19. The average molecular weight is 198 g/mol. The summed E-state index contributed by atoms with van der Waals surface area (Å²) in [6.07, 6.45) is -4.52. The molecule has 1 aliphatic rings. The van der Waals surface area contributed by atoms with E-state index in [1.165, 1.54) is 17.2 Å². The highest BCUT2D eigenvalue weighted by molar-refractivity contribution is 8.02. The Morgan fingerprint density at radius 3 is 2.67 bits per heavy atom. The smallest absolute Gasteiger partial charge is 0.369 e. The highest BCUT2D eigenvalue weighted by Gasteiger charge is 2.35. The van der Waals surface area contributed by atoms with Crippen molar-refractivity contribution in [3.05, 3.63) is 11.0 Å². The van der Waals surface area contributed by atoms with Crippen molar-refractivity contribution in [1.82, 2.24) is 0 Å². The van der Waals surface area contributed by atoms with Crippen molar-refractivity contribution in [3.63, 3.8) is 0 Å². The lowest BCUT2D eigenvalue weighted by Gasteiger charge is -2.06. The maximum atomic E-state index is 11.5. The summed E-state index contributed by atoms with van der Waals surface area (Å²) in [6.45, 7) is 0. The fourth-order valence-corrected chi connectivity index (χ4v) is 1.58. The van der Waals surface area contributed by atoms with E-state index in [9.17, 15) is 18.0 Å². The zero-order valence-electron chi connectivity index (χ0n) is 5.85. The highest BCUT2D eigenvalue weighted by Crippen LogP contribution is 2.25. The van der Waals surface area contributed by atoms with Gasteiger partial charge in [0, 0.05) is 11.3 Å². The first-order valence-electron chi connectivity index (χ1n) is 3.10. The van der Waals surface area contributed by atoms with Gasteiger partial charge in [-0.1, -0.05) is 0 Å². The van der Waals surface area contributed by atoms with Crippen molar-refractivity contribution in [2.24, 2.45) is 0 Å². The third-order valence-corrected chi connectivity index (χ3v) is 2.08. The van der Waals surface area contributed by atoms with Gasteiger partial charge in [-0.3, -0.25) is 0 Å². The van der Waals surface area contributed by atoms with Crippen molar-refractivity contribution in [2.75, 3.05) is 5.75 Å². The van der Waals surface area contributed by atoms with Crippen LogP contribution in [0, 0.1) is 0 Å². The van der Waals surface area contributed by atoms with E-state index in [1.807, 2.05) is 0 Å². The molecular weight excluding hydrogens is 193 g/mol. The standard InChI is InChI=1S/C6H5F3O2S/c7-6(8,9)11-5(10)4-1-2-12-3-4/h3H,1-2H2. The number of esters is 1. The third kappa shape index (κ3) is 2.77. The van der Waals surface area contributed by atoms with E-state index in [-0.39, 0.29) is 5.57 Å². The van der Waals surface area contributed by atoms with Crippen LogP contribution in [0.15, 0.2) is 11.0 Å². The second-order valence-electron chi connectivity index (χ2n) is 2.10. The lowest BCUT2D eigenvalue weighted by atomic mass is 10.2. The van der Waals surface area contributed by atoms with Gasteiger partial charge in [0.2, 0.25) is 0 Å². The van der Waals surface area contributed by atoms with E-state index in [0.717, 1.165) is 0 Å². The molecule has 0 bridgehead atoms. The van der Waals surface area contributed by atoms with Crippen LogP contribution in [0.2, 0.25) is 0 Å². The first kappa shape index (κ1) is 9.44. The Balaban J connectivity index is 2.49. The summed E-state index contributed by atoms with van der Waals surface area (Å²) in [6, 6.07) is 0. The lowest BCUT2D eigenvalue weighted by molar-refractivity contribution is -0.303. The van der Waals surface area contributed by atoms with Gasteiger partial charge in [-0.2, -0.15) is 0 Å². The normalized spacial score (nSPS) is 17.4. The van der Waals surface area contributed by atoms with Gasteiger partial charge in [0.25, 0.3) is 0 Å². The fraction of sp³-hybridized carbons (Fsp3) is 0.500. The molecule has 0 aromatic heterocycles. The summed E-state index contributed by atoms with van der Waals surface area (Å²) in [5, 5.41) is 1.40. The Morgan fingerprint density at radius 1 is 1.58 bits per heavy atom. The van der Waals surface area contributed by atoms with Crippen LogP contribution in [0.1, 0.15) is 6.42 Å². The van der Waals surface area contributed by atoms with Crippen molar-refractivity contribution >= 4 is 17.7 Å². The summed E-state index contributed by atoms with van der Waals surface area (Å²) in [5.41, 5.74) is 0.0947. The number of carbonyl (C=O) groups excluding carboxylic acids is 1. The third-order valence-electron chi connectivity index (χ3n) is 1.19. The molecule has 12 heavy (non-hydrogen) atoms. The molecule has 0 spiro atoms. The quantitative estimate of drug-likeness (QED) is 0.603. The van der Waals surface area contributed by atoms with Crippen LogP contribution in [-0.2, 0) is 9.53 Å². The van der Waals surface area contributed by atoms with Gasteiger partial charge in [-0.25, -0.2) is 4.79 Å². The number of carbonyl (C=O) groups is 1. The minimum Gasteiger partial charge on any atom is -0.369 e. The molecule has 2 nitrogen and oxygen atoms in total. The molecule has 6 heteroatoms. The Morgan fingerprint density at radius 2 is 2.25 bits per heavy atom. The Kier molecular flexibility index (Phi) is 2.66. The van der Waals surface area contributed by atoms with Crippen LogP contribution < -0.4 is 0 Å². The molecule has 0 radical (unpaired) electrons. The van der Waals surface area contributed by atoms with Crippen molar-refractivity contribution in [3.8, 4) is 0 Å². The van der Waals surface area contributed by atoms with E-state index in [2.05, 4.69) is 4.74 Å². The number of rotatable bonds is 1. The van der Waals surface area contributed by atoms with Crippen LogP contribution in [0.5, 0.6) is 0 Å². The Bertz CT molecular complexity index is 221. The topological polar surface area (TPSA) is 26.3 Å². The van der Waals surface area contributed by atoms with Gasteiger partial charge in [-0.05, 0) is 11.8 Å². The number of thioether (sulfide) groups is 1. The van der Waals surface area contributed by atoms with Crippen molar-refractivity contribution in [2.45, 2.75) is 12.8 Å². The molecule has 68 valence electrons. The molecule has 0 saturated heterocycles. The second kappa shape index (κ2) is 3.38. The number of hydrogen-bond donors (Lipinski definition) is 0. The van der Waals surface area contributed by atoms with Crippen molar-refractivity contribution < 1.29 is 22.7 Å². The van der Waals surface area contributed by atoms with Crippen LogP contribution in [0.25, 0.3) is 0 Å². The molecule has 0 atom stereocenters. The van der Waals surface area contributed by atoms with E-state index in [0.29, 0.717) is 12.2 Å². The second-order valence-corrected chi connectivity index (χ2v) is 3.08. The number of ether oxygens (including phenoxy) is 1. The Labute approximate surface area is 70.8 Å². The molecule has 0 amide bonds. The fourth-order valence-electron chi connectivity index (χ4n) is 0.708. The molecule has 0 aromatic carbocycles. The summed E-state index contributed by atoms with van der Waals surface area (Å²) >= 11 is 1.31. The number of halogens is 3. The van der Waals surface area contributed by atoms with Gasteiger partial charge in [0.05, 0.1) is 0 Å². The van der Waals surface area contributed by atoms with E-state index in [4.69, 9.17) is 0 Å². The molecule has 0 aromatic rings. The van der Waals surface area contributed by atoms with Gasteiger partial charge < -0.3 is 4.74 Å². The molecule has 0 unspecified atom stereocenters. The summed E-state index contributed by atoms with van der Waals surface area (Å²) < 4.78 is 37.6. The number of alkyl halides is 3. The largest absolute Gasteiger partial charge is 0.575 e. The summed E-state index contributed by atoms with van der Waals surface area (Å²) in [4.78, 5) is 10.6. The van der Waals surface area contributed by atoms with Crippen LogP contribution in [0.4, 0.5) is 13.2 Å².